The lowest BCUT2D eigenvalue weighted by Crippen LogP contribution is -2.24. The molecule has 0 aliphatic carbocycles. The topological polar surface area (TPSA) is 3.24 Å². The zero-order chi connectivity index (χ0) is 11.6. The van der Waals surface area contributed by atoms with E-state index in [2.05, 4.69) is 61.2 Å². The predicted octanol–water partition coefficient (Wildman–Crippen LogP) is 3.86. The van der Waals surface area contributed by atoms with Crippen molar-refractivity contribution in [1.82, 2.24) is 4.90 Å². The Bertz CT molecular complexity index is 290. The second-order valence-electron chi connectivity index (χ2n) is 4.14. The summed E-state index contributed by atoms with van der Waals surface area (Å²) < 4.78 is 0. The van der Waals surface area contributed by atoms with E-state index in [-0.39, 0.29) is 0 Å². The van der Waals surface area contributed by atoms with E-state index < -0.39 is 0 Å². The Balaban J connectivity index is 2.48. The van der Waals surface area contributed by atoms with Gasteiger partial charge < -0.3 is 0 Å². The first-order chi connectivity index (χ1) is 7.86. The number of unbranched alkanes of at least 4 members (excludes halogenated alkanes) is 1. The lowest BCUT2D eigenvalue weighted by Gasteiger charge is -2.20. The number of hydrogen-bond acceptors (Lipinski definition) is 1. The van der Waals surface area contributed by atoms with Crippen LogP contribution in [-0.2, 0) is 6.54 Å². The molecule has 0 aliphatic heterocycles. The SMILES string of the molecule is C/C=C/CN(CCCC)Cc1ccccc1. The highest BCUT2D eigenvalue weighted by molar-refractivity contribution is 5.14. The minimum atomic E-state index is 1.06. The molecule has 0 radical (unpaired) electrons. The molecule has 0 heterocycles. The van der Waals surface area contributed by atoms with Crippen LogP contribution in [0.15, 0.2) is 42.5 Å². The van der Waals surface area contributed by atoms with Crippen molar-refractivity contribution in [1.29, 1.82) is 0 Å². The second kappa shape index (κ2) is 8.12. The predicted molar refractivity (Wildman–Crippen MR) is 71.4 cm³/mol. The van der Waals surface area contributed by atoms with E-state index in [1.165, 1.54) is 24.9 Å². The maximum Gasteiger partial charge on any atom is 0.0237 e. The average molecular weight is 217 g/mol. The molecule has 1 heteroatoms. The molecule has 0 aromatic heterocycles. The third kappa shape index (κ3) is 5.13. The Labute approximate surface area is 99.8 Å². The summed E-state index contributed by atoms with van der Waals surface area (Å²) in [5.41, 5.74) is 1.41. The summed E-state index contributed by atoms with van der Waals surface area (Å²) in [6.45, 7) is 7.64. The molecule has 1 rings (SSSR count). The second-order valence-corrected chi connectivity index (χ2v) is 4.14. The van der Waals surface area contributed by atoms with Crippen LogP contribution < -0.4 is 0 Å². The van der Waals surface area contributed by atoms with Gasteiger partial charge in [-0.1, -0.05) is 55.8 Å². The molecule has 16 heavy (non-hydrogen) atoms. The quantitative estimate of drug-likeness (QED) is 0.627. The molecule has 1 nitrogen and oxygen atoms in total. The molecule has 0 fully saturated rings. The van der Waals surface area contributed by atoms with Gasteiger partial charge >= 0.3 is 0 Å². The molecule has 1 aromatic carbocycles. The third-order valence-corrected chi connectivity index (χ3v) is 2.68. The molecule has 0 saturated carbocycles. The first kappa shape index (κ1) is 13.0. The van der Waals surface area contributed by atoms with Crippen LogP contribution in [0.5, 0.6) is 0 Å². The van der Waals surface area contributed by atoms with Crippen LogP contribution in [0, 0.1) is 0 Å². The van der Waals surface area contributed by atoms with E-state index in [1.807, 2.05) is 0 Å². The van der Waals surface area contributed by atoms with E-state index in [4.69, 9.17) is 0 Å². The summed E-state index contributed by atoms with van der Waals surface area (Å²) in [5, 5.41) is 0. The van der Waals surface area contributed by atoms with Gasteiger partial charge in [-0.15, -0.1) is 0 Å². The molecule has 0 aliphatic rings. The summed E-state index contributed by atoms with van der Waals surface area (Å²) in [6, 6.07) is 10.7. The van der Waals surface area contributed by atoms with Gasteiger partial charge in [-0.2, -0.15) is 0 Å². The van der Waals surface area contributed by atoms with Crippen LogP contribution in [0.4, 0.5) is 0 Å². The van der Waals surface area contributed by atoms with Gasteiger partial charge in [-0.05, 0) is 25.5 Å². The fourth-order valence-electron chi connectivity index (χ4n) is 1.71. The van der Waals surface area contributed by atoms with Crippen LogP contribution in [0.2, 0.25) is 0 Å². The highest BCUT2D eigenvalue weighted by Gasteiger charge is 2.02. The van der Waals surface area contributed by atoms with Gasteiger partial charge in [0.05, 0.1) is 0 Å². The van der Waals surface area contributed by atoms with Gasteiger partial charge in [0.15, 0.2) is 0 Å². The van der Waals surface area contributed by atoms with E-state index in [9.17, 15) is 0 Å². The summed E-state index contributed by atoms with van der Waals surface area (Å²) in [5.74, 6) is 0. The zero-order valence-corrected chi connectivity index (χ0v) is 10.5. The maximum atomic E-state index is 2.50. The Hall–Kier alpha value is -1.08. The smallest absolute Gasteiger partial charge is 0.0237 e. The van der Waals surface area contributed by atoms with Crippen molar-refractivity contribution in [3.05, 3.63) is 48.0 Å². The minimum Gasteiger partial charge on any atom is -0.295 e. The number of allylic oxidation sites excluding steroid dienone is 1. The van der Waals surface area contributed by atoms with Crippen molar-refractivity contribution in [2.75, 3.05) is 13.1 Å². The molecular formula is C15H23N. The normalized spacial score (nSPS) is 11.4. The van der Waals surface area contributed by atoms with Gasteiger partial charge in [-0.3, -0.25) is 4.90 Å². The molecule has 1 aromatic rings. The summed E-state index contributed by atoms with van der Waals surface area (Å²) in [7, 11) is 0. The fourth-order valence-corrected chi connectivity index (χ4v) is 1.71. The van der Waals surface area contributed by atoms with E-state index in [0.717, 1.165) is 13.1 Å². The van der Waals surface area contributed by atoms with Crippen LogP contribution in [0.3, 0.4) is 0 Å². The largest absolute Gasteiger partial charge is 0.295 e. The van der Waals surface area contributed by atoms with E-state index >= 15 is 0 Å². The molecule has 0 saturated heterocycles. The van der Waals surface area contributed by atoms with Crippen molar-refractivity contribution in [3.63, 3.8) is 0 Å². The third-order valence-electron chi connectivity index (χ3n) is 2.68. The van der Waals surface area contributed by atoms with Gasteiger partial charge in [-0.25, -0.2) is 0 Å². The first-order valence-electron chi connectivity index (χ1n) is 6.24. The highest BCUT2D eigenvalue weighted by atomic mass is 15.1. The standard InChI is InChI=1S/C15H23N/c1-3-5-12-16(13-6-4-2)14-15-10-8-7-9-11-15/h3,5,7-11H,4,6,12-14H2,1-2H3/b5-3+. The summed E-state index contributed by atoms with van der Waals surface area (Å²) in [4.78, 5) is 2.50. The number of rotatable bonds is 7. The Morgan fingerprint density at radius 1 is 1.19 bits per heavy atom. The minimum absolute atomic E-state index is 1.06. The molecule has 88 valence electrons. The highest BCUT2D eigenvalue weighted by Crippen LogP contribution is 2.05. The molecule has 0 spiro atoms. The van der Waals surface area contributed by atoms with E-state index in [0.29, 0.717) is 0 Å². The molecule has 0 atom stereocenters. The van der Waals surface area contributed by atoms with E-state index in [1.54, 1.807) is 0 Å². The van der Waals surface area contributed by atoms with Gasteiger partial charge in [0.1, 0.15) is 0 Å². The Kier molecular flexibility index (Phi) is 6.59. The zero-order valence-electron chi connectivity index (χ0n) is 10.5. The molecular weight excluding hydrogens is 194 g/mol. The number of benzene rings is 1. The van der Waals surface area contributed by atoms with Gasteiger partial charge in [0, 0.05) is 13.1 Å². The monoisotopic (exact) mass is 217 g/mol. The van der Waals surface area contributed by atoms with Gasteiger partial charge in [0.25, 0.3) is 0 Å². The maximum absolute atomic E-state index is 2.50. The average Bonchev–Trinajstić information content (AvgIpc) is 2.34. The lowest BCUT2D eigenvalue weighted by molar-refractivity contribution is 0.289. The first-order valence-corrected chi connectivity index (χ1v) is 6.24. The molecule has 0 unspecified atom stereocenters. The summed E-state index contributed by atoms with van der Waals surface area (Å²) in [6.07, 6.45) is 6.91. The van der Waals surface area contributed by atoms with Crippen molar-refractivity contribution in [2.24, 2.45) is 0 Å². The van der Waals surface area contributed by atoms with Crippen molar-refractivity contribution >= 4 is 0 Å². The van der Waals surface area contributed by atoms with Gasteiger partial charge in [0.2, 0.25) is 0 Å². The molecule has 0 amide bonds. The molecule has 0 N–H and O–H groups in total. The fraction of sp³-hybridized carbons (Fsp3) is 0.467. The van der Waals surface area contributed by atoms with Crippen molar-refractivity contribution < 1.29 is 0 Å². The number of hydrogen-bond donors (Lipinski definition) is 0. The van der Waals surface area contributed by atoms with Crippen LogP contribution in [0.1, 0.15) is 32.3 Å². The Morgan fingerprint density at radius 2 is 1.94 bits per heavy atom. The molecule has 0 bridgehead atoms. The van der Waals surface area contributed by atoms with Crippen LogP contribution in [0.25, 0.3) is 0 Å². The van der Waals surface area contributed by atoms with Crippen molar-refractivity contribution in [2.45, 2.75) is 33.2 Å². The van der Waals surface area contributed by atoms with Crippen LogP contribution in [-0.4, -0.2) is 18.0 Å². The number of nitrogens with zero attached hydrogens (tertiary/aromatic N) is 1. The summed E-state index contributed by atoms with van der Waals surface area (Å²) >= 11 is 0. The van der Waals surface area contributed by atoms with Crippen LogP contribution >= 0.6 is 0 Å². The lowest BCUT2D eigenvalue weighted by atomic mass is 10.2. The Morgan fingerprint density at radius 3 is 2.56 bits per heavy atom. The van der Waals surface area contributed by atoms with Crippen molar-refractivity contribution in [3.8, 4) is 0 Å².